The minimum atomic E-state index is -1.64. The Labute approximate surface area is 94.5 Å². The van der Waals surface area contributed by atoms with E-state index >= 15 is 0 Å². The van der Waals surface area contributed by atoms with Crippen molar-refractivity contribution < 1.29 is 9.22 Å². The van der Waals surface area contributed by atoms with Gasteiger partial charge in [-0.15, -0.1) is 0 Å². The van der Waals surface area contributed by atoms with Crippen molar-refractivity contribution in [2.24, 2.45) is 5.92 Å². The molecule has 2 nitrogen and oxygen atoms in total. The predicted octanol–water partition coefficient (Wildman–Crippen LogP) is 3.38. The highest BCUT2D eigenvalue weighted by Gasteiger charge is 2.37. The van der Waals surface area contributed by atoms with E-state index in [4.69, 9.17) is 4.43 Å². The lowest BCUT2D eigenvalue weighted by molar-refractivity contribution is -0.120. The third-order valence-corrected chi connectivity index (χ3v) is 8.19. The molecule has 0 atom stereocenters. The van der Waals surface area contributed by atoms with E-state index in [9.17, 15) is 4.79 Å². The van der Waals surface area contributed by atoms with Crippen LogP contribution in [0, 0.1) is 5.92 Å². The zero-order valence-electron chi connectivity index (χ0n) is 10.7. The quantitative estimate of drug-likeness (QED) is 0.674. The number of hydrogen-bond acceptors (Lipinski definition) is 2. The zero-order valence-corrected chi connectivity index (χ0v) is 11.7. The van der Waals surface area contributed by atoms with Gasteiger partial charge in [0.15, 0.2) is 8.32 Å². The average molecular weight is 228 g/mol. The van der Waals surface area contributed by atoms with E-state index in [0.29, 0.717) is 24.7 Å². The summed E-state index contributed by atoms with van der Waals surface area (Å²) >= 11 is 0. The van der Waals surface area contributed by atoms with Crippen LogP contribution in [0.1, 0.15) is 40.0 Å². The summed E-state index contributed by atoms with van der Waals surface area (Å²) < 4.78 is 5.96. The van der Waals surface area contributed by atoms with Gasteiger partial charge in [0.2, 0.25) is 0 Å². The first kappa shape index (κ1) is 12.9. The minimum absolute atomic E-state index is 0.246. The SMILES string of the molecule is CC(C)(C)[Si](C)(C)OCCC(=O)C1CC1. The molecule has 0 aromatic rings. The van der Waals surface area contributed by atoms with E-state index in [1.807, 2.05) is 0 Å². The van der Waals surface area contributed by atoms with Crippen LogP contribution in [0.3, 0.4) is 0 Å². The normalized spacial score (nSPS) is 17.9. The fourth-order valence-corrected chi connectivity index (χ4v) is 2.28. The second-order valence-corrected chi connectivity index (χ2v) is 10.9. The molecule has 0 bridgehead atoms. The molecular formula is C12H24O2Si. The van der Waals surface area contributed by atoms with Crippen LogP contribution in [-0.4, -0.2) is 20.7 Å². The van der Waals surface area contributed by atoms with E-state index in [0.717, 1.165) is 12.8 Å². The van der Waals surface area contributed by atoms with E-state index in [1.54, 1.807) is 0 Å². The number of ketones is 1. The standard InChI is InChI=1S/C12H24O2Si/c1-12(2,3)15(4,5)14-9-8-11(13)10-6-7-10/h10H,6-9H2,1-5H3. The summed E-state index contributed by atoms with van der Waals surface area (Å²) in [6, 6.07) is 0. The number of Topliss-reactive ketones (excluding diaryl/α,β-unsaturated/α-hetero) is 1. The van der Waals surface area contributed by atoms with Gasteiger partial charge in [0.1, 0.15) is 5.78 Å². The maximum atomic E-state index is 11.5. The maximum Gasteiger partial charge on any atom is 0.191 e. The molecule has 0 N–H and O–H groups in total. The molecule has 0 unspecified atom stereocenters. The highest BCUT2D eigenvalue weighted by molar-refractivity contribution is 6.74. The smallest absolute Gasteiger partial charge is 0.191 e. The summed E-state index contributed by atoms with van der Waals surface area (Å²) in [5.41, 5.74) is 0. The molecule has 15 heavy (non-hydrogen) atoms. The van der Waals surface area contributed by atoms with Crippen molar-refractivity contribution in [2.75, 3.05) is 6.61 Å². The van der Waals surface area contributed by atoms with Gasteiger partial charge in [-0.05, 0) is 31.0 Å². The Hall–Kier alpha value is -0.153. The Balaban J connectivity index is 2.26. The highest BCUT2D eigenvalue weighted by Crippen LogP contribution is 2.37. The van der Waals surface area contributed by atoms with Crippen molar-refractivity contribution in [3.05, 3.63) is 0 Å². The van der Waals surface area contributed by atoms with E-state index < -0.39 is 8.32 Å². The number of hydrogen-bond donors (Lipinski definition) is 0. The summed E-state index contributed by atoms with van der Waals surface area (Å²) in [4.78, 5) is 11.5. The first-order valence-electron chi connectivity index (χ1n) is 5.91. The zero-order chi connectivity index (χ0) is 11.7. The highest BCUT2D eigenvalue weighted by atomic mass is 28.4. The molecule has 1 aliphatic carbocycles. The fraction of sp³-hybridized carbons (Fsp3) is 0.917. The van der Waals surface area contributed by atoms with Gasteiger partial charge in [-0.2, -0.15) is 0 Å². The second-order valence-electron chi connectivity index (χ2n) is 6.10. The largest absolute Gasteiger partial charge is 0.416 e. The van der Waals surface area contributed by atoms with Crippen molar-refractivity contribution in [1.82, 2.24) is 0 Å². The van der Waals surface area contributed by atoms with Crippen LogP contribution in [-0.2, 0) is 9.22 Å². The van der Waals surface area contributed by atoms with Crippen molar-refractivity contribution in [3.8, 4) is 0 Å². The Morgan fingerprint density at radius 1 is 1.33 bits per heavy atom. The van der Waals surface area contributed by atoms with Crippen molar-refractivity contribution >= 4 is 14.1 Å². The molecule has 1 aliphatic rings. The third kappa shape index (κ3) is 3.72. The van der Waals surface area contributed by atoms with E-state index in [2.05, 4.69) is 33.9 Å². The molecule has 0 aromatic heterocycles. The maximum absolute atomic E-state index is 11.5. The minimum Gasteiger partial charge on any atom is -0.416 e. The van der Waals surface area contributed by atoms with Gasteiger partial charge in [-0.3, -0.25) is 4.79 Å². The van der Waals surface area contributed by atoms with Crippen molar-refractivity contribution in [2.45, 2.75) is 58.2 Å². The molecule has 1 fully saturated rings. The Morgan fingerprint density at radius 2 is 1.87 bits per heavy atom. The summed E-state index contributed by atoms with van der Waals surface area (Å²) in [6.45, 7) is 11.8. The molecular weight excluding hydrogens is 204 g/mol. The van der Waals surface area contributed by atoms with Gasteiger partial charge in [0, 0.05) is 18.9 Å². The molecule has 0 radical (unpaired) electrons. The topological polar surface area (TPSA) is 26.3 Å². The van der Waals surface area contributed by atoms with Crippen LogP contribution in [0.4, 0.5) is 0 Å². The molecule has 0 spiro atoms. The Bertz CT molecular complexity index is 236. The summed E-state index contributed by atoms with van der Waals surface area (Å²) in [7, 11) is -1.64. The number of carbonyl (C=O) groups is 1. The lowest BCUT2D eigenvalue weighted by Gasteiger charge is -2.36. The monoisotopic (exact) mass is 228 g/mol. The molecule has 0 aromatic carbocycles. The fourth-order valence-electron chi connectivity index (χ4n) is 1.23. The van der Waals surface area contributed by atoms with E-state index in [1.165, 1.54) is 0 Å². The van der Waals surface area contributed by atoms with Gasteiger partial charge in [0.05, 0.1) is 0 Å². The molecule has 3 heteroatoms. The first-order chi connectivity index (χ1) is 6.74. The molecule has 0 aliphatic heterocycles. The van der Waals surface area contributed by atoms with Crippen LogP contribution in [0.2, 0.25) is 18.1 Å². The third-order valence-electron chi connectivity index (χ3n) is 3.65. The van der Waals surface area contributed by atoms with Crippen LogP contribution in [0.15, 0.2) is 0 Å². The predicted molar refractivity (Wildman–Crippen MR) is 65.5 cm³/mol. The Kier molecular flexibility index (Phi) is 3.77. The number of rotatable bonds is 5. The Morgan fingerprint density at radius 3 is 2.27 bits per heavy atom. The van der Waals surface area contributed by atoms with Crippen molar-refractivity contribution in [1.29, 1.82) is 0 Å². The molecule has 0 heterocycles. The first-order valence-corrected chi connectivity index (χ1v) is 8.81. The molecule has 1 rings (SSSR count). The lowest BCUT2D eigenvalue weighted by atomic mass is 10.2. The molecule has 0 saturated heterocycles. The van der Waals surface area contributed by atoms with E-state index in [-0.39, 0.29) is 5.04 Å². The lowest BCUT2D eigenvalue weighted by Crippen LogP contribution is -2.41. The van der Waals surface area contributed by atoms with Crippen LogP contribution < -0.4 is 0 Å². The van der Waals surface area contributed by atoms with Gasteiger partial charge in [-0.1, -0.05) is 20.8 Å². The molecule has 88 valence electrons. The summed E-state index contributed by atoms with van der Waals surface area (Å²) in [5, 5.41) is 0.246. The van der Waals surface area contributed by atoms with Crippen LogP contribution in [0.5, 0.6) is 0 Å². The van der Waals surface area contributed by atoms with Gasteiger partial charge in [-0.25, -0.2) is 0 Å². The van der Waals surface area contributed by atoms with Crippen LogP contribution >= 0.6 is 0 Å². The van der Waals surface area contributed by atoms with Gasteiger partial charge in [0.25, 0.3) is 0 Å². The average Bonchev–Trinajstić information content (AvgIpc) is 2.83. The second kappa shape index (κ2) is 4.38. The molecule has 0 amide bonds. The summed E-state index contributed by atoms with van der Waals surface area (Å²) in [5.74, 6) is 0.793. The molecule has 1 saturated carbocycles. The van der Waals surface area contributed by atoms with Crippen molar-refractivity contribution in [3.63, 3.8) is 0 Å². The number of carbonyl (C=O) groups excluding carboxylic acids is 1. The van der Waals surface area contributed by atoms with Crippen LogP contribution in [0.25, 0.3) is 0 Å². The van der Waals surface area contributed by atoms with Gasteiger partial charge >= 0.3 is 0 Å². The summed E-state index contributed by atoms with van der Waals surface area (Å²) in [6.07, 6.45) is 2.84. The van der Waals surface area contributed by atoms with Gasteiger partial charge < -0.3 is 4.43 Å².